The van der Waals surface area contributed by atoms with Crippen molar-refractivity contribution in [2.75, 3.05) is 25.1 Å². The Kier molecular flexibility index (Phi) is 6.16. The van der Waals surface area contributed by atoms with Crippen molar-refractivity contribution in [3.05, 3.63) is 57.5 Å². The highest BCUT2D eigenvalue weighted by atomic mass is 16.6. The molecular weight excluding hydrogens is 380 g/mol. The second-order valence-corrected chi connectivity index (χ2v) is 6.79. The summed E-state index contributed by atoms with van der Waals surface area (Å²) in [5.74, 6) is -0.369. The fraction of sp³-hybridized carbons (Fsp3) is 0.400. The normalized spacial score (nSPS) is 14.5. The second kappa shape index (κ2) is 8.76. The van der Waals surface area contributed by atoms with E-state index >= 15 is 0 Å². The lowest BCUT2D eigenvalue weighted by atomic mass is 9.96. The van der Waals surface area contributed by atoms with E-state index < -0.39 is 10.9 Å². The van der Waals surface area contributed by atoms with E-state index in [2.05, 4.69) is 4.74 Å². The van der Waals surface area contributed by atoms with Gasteiger partial charge in [0.15, 0.2) is 0 Å². The summed E-state index contributed by atoms with van der Waals surface area (Å²) >= 11 is 0. The lowest BCUT2D eigenvalue weighted by Gasteiger charge is -2.32. The van der Waals surface area contributed by atoms with Crippen molar-refractivity contribution >= 4 is 23.3 Å². The third-order valence-corrected chi connectivity index (χ3v) is 4.98. The molecule has 2 heterocycles. The predicted molar refractivity (Wildman–Crippen MR) is 103 cm³/mol. The molecule has 1 aromatic heterocycles. The standard InChI is InChI=1S/C20H22N2O7/c1-13-16(20(24)27-2)11-15(29-13)12-28-19(23)14-7-9-21(10-8-14)17-5-3-4-6-18(17)22(25)26/h3-6,11,14H,7-10,12H2,1-2H3. The second-order valence-electron chi connectivity index (χ2n) is 6.79. The van der Waals surface area contributed by atoms with Gasteiger partial charge >= 0.3 is 11.9 Å². The maximum absolute atomic E-state index is 12.4. The van der Waals surface area contributed by atoms with Gasteiger partial charge in [-0.25, -0.2) is 4.79 Å². The molecule has 1 aromatic carbocycles. The molecule has 0 unspecified atom stereocenters. The largest absolute Gasteiger partial charge is 0.465 e. The van der Waals surface area contributed by atoms with Gasteiger partial charge in [-0.3, -0.25) is 14.9 Å². The number of esters is 2. The van der Waals surface area contributed by atoms with Crippen molar-refractivity contribution < 1.29 is 28.4 Å². The number of carbonyl (C=O) groups is 2. The number of nitro benzene ring substituents is 1. The highest BCUT2D eigenvalue weighted by Crippen LogP contribution is 2.31. The van der Waals surface area contributed by atoms with E-state index in [1.54, 1.807) is 25.1 Å². The molecule has 2 aromatic rings. The minimum Gasteiger partial charge on any atom is -0.465 e. The summed E-state index contributed by atoms with van der Waals surface area (Å²) in [4.78, 5) is 36.7. The van der Waals surface area contributed by atoms with Crippen molar-refractivity contribution in [1.82, 2.24) is 0 Å². The van der Waals surface area contributed by atoms with Gasteiger partial charge in [-0.2, -0.15) is 0 Å². The highest BCUT2D eigenvalue weighted by molar-refractivity contribution is 5.90. The molecule has 29 heavy (non-hydrogen) atoms. The Bertz CT molecular complexity index is 913. The van der Waals surface area contributed by atoms with Crippen LogP contribution in [0.25, 0.3) is 0 Å². The molecule has 1 saturated heterocycles. The van der Waals surface area contributed by atoms with Gasteiger partial charge < -0.3 is 18.8 Å². The number of ether oxygens (including phenoxy) is 2. The summed E-state index contributed by atoms with van der Waals surface area (Å²) < 4.78 is 15.4. The number of anilines is 1. The molecule has 9 heteroatoms. The highest BCUT2D eigenvalue weighted by Gasteiger charge is 2.29. The molecular formula is C20H22N2O7. The summed E-state index contributed by atoms with van der Waals surface area (Å²) in [6, 6.07) is 8.09. The summed E-state index contributed by atoms with van der Waals surface area (Å²) in [6.07, 6.45) is 1.07. The van der Waals surface area contributed by atoms with Crippen molar-refractivity contribution in [1.29, 1.82) is 0 Å². The molecule has 9 nitrogen and oxygen atoms in total. The van der Waals surface area contributed by atoms with Gasteiger partial charge in [-0.15, -0.1) is 0 Å². The molecule has 0 radical (unpaired) electrons. The van der Waals surface area contributed by atoms with Crippen LogP contribution in [0.4, 0.5) is 11.4 Å². The quantitative estimate of drug-likeness (QED) is 0.411. The zero-order chi connectivity index (χ0) is 21.0. The molecule has 1 fully saturated rings. The lowest BCUT2D eigenvalue weighted by molar-refractivity contribution is -0.384. The molecule has 0 spiro atoms. The lowest BCUT2D eigenvalue weighted by Crippen LogP contribution is -2.37. The van der Waals surface area contributed by atoms with Crippen LogP contribution >= 0.6 is 0 Å². The van der Waals surface area contributed by atoms with Crippen LogP contribution in [0.2, 0.25) is 0 Å². The monoisotopic (exact) mass is 402 g/mol. The van der Waals surface area contributed by atoms with Gasteiger partial charge in [0.1, 0.15) is 29.4 Å². The topological polar surface area (TPSA) is 112 Å². The van der Waals surface area contributed by atoms with Gasteiger partial charge in [0, 0.05) is 19.2 Å². The van der Waals surface area contributed by atoms with E-state index in [1.165, 1.54) is 19.2 Å². The van der Waals surface area contributed by atoms with Crippen LogP contribution in [0.5, 0.6) is 0 Å². The first kappa shape index (κ1) is 20.4. The van der Waals surface area contributed by atoms with Crippen LogP contribution in [0.3, 0.4) is 0 Å². The number of hydrogen-bond donors (Lipinski definition) is 0. The van der Waals surface area contributed by atoms with Crippen LogP contribution in [-0.2, 0) is 20.9 Å². The van der Waals surface area contributed by atoms with Crippen molar-refractivity contribution in [3.63, 3.8) is 0 Å². The van der Waals surface area contributed by atoms with Crippen molar-refractivity contribution in [3.8, 4) is 0 Å². The molecule has 0 N–H and O–H groups in total. The smallest absolute Gasteiger partial charge is 0.341 e. The first-order valence-electron chi connectivity index (χ1n) is 9.23. The number of benzene rings is 1. The molecule has 154 valence electrons. The Hall–Kier alpha value is -3.36. The fourth-order valence-electron chi connectivity index (χ4n) is 3.43. The fourth-order valence-corrected chi connectivity index (χ4v) is 3.43. The van der Waals surface area contributed by atoms with E-state index in [4.69, 9.17) is 9.15 Å². The summed E-state index contributed by atoms with van der Waals surface area (Å²) in [5.41, 5.74) is 0.921. The average Bonchev–Trinajstić information content (AvgIpc) is 3.12. The number of piperidine rings is 1. The van der Waals surface area contributed by atoms with E-state index in [-0.39, 0.29) is 24.2 Å². The Labute approximate surface area is 167 Å². The van der Waals surface area contributed by atoms with E-state index in [0.29, 0.717) is 48.7 Å². The van der Waals surface area contributed by atoms with E-state index in [9.17, 15) is 19.7 Å². The Morgan fingerprint density at radius 1 is 1.28 bits per heavy atom. The molecule has 0 bridgehead atoms. The maximum Gasteiger partial charge on any atom is 0.341 e. The number of methoxy groups -OCH3 is 1. The Balaban J connectivity index is 1.54. The van der Waals surface area contributed by atoms with E-state index in [0.717, 1.165) is 0 Å². The van der Waals surface area contributed by atoms with Gasteiger partial charge in [-0.1, -0.05) is 12.1 Å². The first-order valence-corrected chi connectivity index (χ1v) is 9.23. The number of nitro groups is 1. The summed E-state index contributed by atoms with van der Waals surface area (Å²) in [7, 11) is 1.28. The minimum atomic E-state index is -0.508. The average molecular weight is 402 g/mol. The molecule has 1 aliphatic rings. The Morgan fingerprint density at radius 2 is 1.97 bits per heavy atom. The van der Waals surface area contributed by atoms with Crippen molar-refractivity contribution in [2.24, 2.45) is 5.92 Å². The molecule has 3 rings (SSSR count). The first-order chi connectivity index (χ1) is 13.9. The predicted octanol–water partition coefficient (Wildman–Crippen LogP) is 3.24. The third-order valence-electron chi connectivity index (χ3n) is 4.98. The zero-order valence-corrected chi connectivity index (χ0v) is 16.3. The molecule has 0 atom stereocenters. The maximum atomic E-state index is 12.4. The van der Waals surface area contributed by atoms with Gasteiger partial charge in [-0.05, 0) is 31.9 Å². The van der Waals surface area contributed by atoms with Crippen LogP contribution in [0, 0.1) is 23.0 Å². The van der Waals surface area contributed by atoms with Crippen LogP contribution < -0.4 is 4.90 Å². The summed E-state index contributed by atoms with van der Waals surface area (Å²) in [5, 5.41) is 11.2. The number of aryl methyl sites for hydroxylation is 1. The van der Waals surface area contributed by atoms with Gasteiger partial charge in [0.05, 0.1) is 18.0 Å². The Morgan fingerprint density at radius 3 is 2.62 bits per heavy atom. The number of nitrogens with zero attached hydrogens (tertiary/aromatic N) is 2. The van der Waals surface area contributed by atoms with Crippen molar-refractivity contribution in [2.45, 2.75) is 26.4 Å². The van der Waals surface area contributed by atoms with Gasteiger partial charge in [0.2, 0.25) is 0 Å². The number of hydrogen-bond acceptors (Lipinski definition) is 8. The van der Waals surface area contributed by atoms with Crippen LogP contribution in [0.15, 0.2) is 34.7 Å². The number of furan rings is 1. The van der Waals surface area contributed by atoms with Crippen LogP contribution in [0.1, 0.15) is 34.7 Å². The summed E-state index contributed by atoms with van der Waals surface area (Å²) in [6.45, 7) is 2.62. The van der Waals surface area contributed by atoms with Crippen LogP contribution in [-0.4, -0.2) is 37.1 Å². The molecule has 1 aliphatic heterocycles. The number of carbonyl (C=O) groups excluding carboxylic acids is 2. The number of rotatable bonds is 6. The zero-order valence-electron chi connectivity index (χ0n) is 16.3. The molecule has 0 saturated carbocycles. The molecule has 0 amide bonds. The number of para-hydroxylation sites is 2. The molecule has 0 aliphatic carbocycles. The third kappa shape index (κ3) is 4.56. The van der Waals surface area contributed by atoms with E-state index in [1.807, 2.05) is 4.90 Å². The SMILES string of the molecule is COC(=O)c1cc(COC(=O)C2CCN(c3ccccc3[N+](=O)[O-])CC2)oc1C. The van der Waals surface area contributed by atoms with Gasteiger partial charge in [0.25, 0.3) is 5.69 Å². The minimum absolute atomic E-state index is 0.0584.